The summed E-state index contributed by atoms with van der Waals surface area (Å²) in [5.41, 5.74) is 0.631. The summed E-state index contributed by atoms with van der Waals surface area (Å²) < 4.78 is 38.3. The molecule has 13 heteroatoms. The molecule has 0 saturated carbocycles. The minimum atomic E-state index is -3.86. The van der Waals surface area contributed by atoms with Crippen molar-refractivity contribution in [2.24, 2.45) is 11.8 Å². The lowest BCUT2D eigenvalue weighted by molar-refractivity contribution is -0.163. The van der Waals surface area contributed by atoms with E-state index >= 15 is 0 Å². The maximum atomic E-state index is 12.8. The lowest BCUT2D eigenvalue weighted by atomic mass is 9.79. The molecule has 1 unspecified atom stereocenters. The van der Waals surface area contributed by atoms with Crippen molar-refractivity contribution in [3.8, 4) is 11.5 Å². The summed E-state index contributed by atoms with van der Waals surface area (Å²) in [6.07, 6.45) is 1.000. The van der Waals surface area contributed by atoms with Crippen LogP contribution in [0.1, 0.15) is 20.3 Å². The molecule has 2 saturated heterocycles. The van der Waals surface area contributed by atoms with E-state index in [0.717, 1.165) is 0 Å². The van der Waals surface area contributed by atoms with E-state index in [0.29, 0.717) is 29.3 Å². The highest BCUT2D eigenvalue weighted by Crippen LogP contribution is 2.51. The van der Waals surface area contributed by atoms with Crippen molar-refractivity contribution in [3.63, 3.8) is 0 Å². The zero-order valence-electron chi connectivity index (χ0n) is 20.2. The predicted molar refractivity (Wildman–Crippen MR) is 132 cm³/mol. The quantitative estimate of drug-likeness (QED) is 0.335. The van der Waals surface area contributed by atoms with Gasteiger partial charge in [-0.15, -0.1) is 11.8 Å². The molecule has 4 rings (SSSR count). The van der Waals surface area contributed by atoms with Crippen molar-refractivity contribution < 1.29 is 37.7 Å². The molecular formula is C23H29N3O8S2. The van der Waals surface area contributed by atoms with E-state index in [4.69, 9.17) is 9.47 Å². The Balaban J connectivity index is 1.45. The second-order valence-corrected chi connectivity index (χ2v) is 12.0. The molecule has 1 aromatic rings. The number of β-lactam (4-membered cyclic amide) rings is 1. The van der Waals surface area contributed by atoms with E-state index in [1.54, 1.807) is 6.92 Å². The number of nitrogens with zero attached hydrogens (tertiary/aromatic N) is 1. The number of carboxylic acid groups (broad SMARTS) is 1. The van der Waals surface area contributed by atoms with Gasteiger partial charge in [-0.3, -0.25) is 9.52 Å². The lowest BCUT2D eigenvalue weighted by Crippen LogP contribution is -2.63. The van der Waals surface area contributed by atoms with Gasteiger partial charge in [0.15, 0.2) is 11.5 Å². The van der Waals surface area contributed by atoms with Crippen LogP contribution in [-0.4, -0.2) is 73.6 Å². The summed E-state index contributed by atoms with van der Waals surface area (Å²) in [7, 11) is -0.984. The molecule has 1 aromatic carbocycles. The van der Waals surface area contributed by atoms with Crippen LogP contribution in [0.5, 0.6) is 11.5 Å². The zero-order valence-corrected chi connectivity index (χ0v) is 21.9. The van der Waals surface area contributed by atoms with E-state index in [-0.39, 0.29) is 39.5 Å². The van der Waals surface area contributed by atoms with E-state index in [9.17, 15) is 28.2 Å². The minimum absolute atomic E-state index is 0.0128. The van der Waals surface area contributed by atoms with Gasteiger partial charge in [-0.25, -0.2) is 13.2 Å². The van der Waals surface area contributed by atoms with Crippen molar-refractivity contribution in [2.75, 3.05) is 20.8 Å². The first kappa shape index (κ1) is 26.2. The normalized spacial score (nSPS) is 27.4. The topological polar surface area (TPSA) is 154 Å². The fourth-order valence-corrected chi connectivity index (χ4v) is 7.27. The number of nitrogens with one attached hydrogen (secondary N) is 2. The van der Waals surface area contributed by atoms with Crippen molar-refractivity contribution in [2.45, 2.75) is 42.6 Å². The number of carbonyl (C=O) groups excluding carboxylic acids is 1. The number of carbonyl (C=O) groups is 2. The number of thioether (sulfide) groups is 1. The third-order valence-electron chi connectivity index (χ3n) is 6.66. The molecule has 5 atom stereocenters. The van der Waals surface area contributed by atoms with Gasteiger partial charge in [-0.2, -0.15) is 0 Å². The Morgan fingerprint density at radius 2 is 2.00 bits per heavy atom. The molecule has 4 N–H and O–H groups in total. The largest absolute Gasteiger partial charge is 0.493 e. The monoisotopic (exact) mass is 539 g/mol. The van der Waals surface area contributed by atoms with Crippen molar-refractivity contribution in [3.05, 3.63) is 40.7 Å². The first-order valence-corrected chi connectivity index (χ1v) is 13.7. The molecule has 2 fully saturated rings. The first-order chi connectivity index (χ1) is 17.0. The van der Waals surface area contributed by atoms with Gasteiger partial charge in [-0.1, -0.05) is 6.92 Å². The Kier molecular flexibility index (Phi) is 7.17. The number of aliphatic hydroxyl groups excluding tert-OH is 1. The number of aliphatic carboxylic acids is 1. The molecule has 0 radical (unpaired) electrons. The van der Waals surface area contributed by atoms with Gasteiger partial charge in [0.1, 0.15) is 5.70 Å². The minimum Gasteiger partial charge on any atom is -0.493 e. The smallest absolute Gasteiger partial charge is 0.353 e. The maximum Gasteiger partial charge on any atom is 0.353 e. The first-order valence-electron chi connectivity index (χ1n) is 11.3. The second kappa shape index (κ2) is 9.87. The van der Waals surface area contributed by atoms with Gasteiger partial charge in [-0.05, 0) is 19.1 Å². The molecule has 3 heterocycles. The van der Waals surface area contributed by atoms with Gasteiger partial charge < -0.3 is 29.9 Å². The van der Waals surface area contributed by atoms with Gasteiger partial charge in [0, 0.05) is 47.0 Å². The molecule has 3 aliphatic heterocycles. The number of hydrogen-bond donors (Lipinski definition) is 4. The van der Waals surface area contributed by atoms with Crippen LogP contribution in [0, 0.1) is 11.8 Å². The molecule has 0 spiro atoms. The van der Waals surface area contributed by atoms with Crippen LogP contribution < -0.4 is 19.5 Å². The van der Waals surface area contributed by atoms with Gasteiger partial charge in [0.25, 0.3) is 10.0 Å². The molecule has 0 aromatic heterocycles. The van der Waals surface area contributed by atoms with Crippen LogP contribution in [0.4, 0.5) is 0 Å². The van der Waals surface area contributed by atoms with Crippen molar-refractivity contribution >= 4 is 33.7 Å². The highest BCUT2D eigenvalue weighted by atomic mass is 32.2. The molecule has 11 nitrogen and oxygen atoms in total. The van der Waals surface area contributed by atoms with Crippen LogP contribution in [0.15, 0.2) is 45.6 Å². The Morgan fingerprint density at radius 3 is 2.61 bits per heavy atom. The van der Waals surface area contributed by atoms with E-state index in [2.05, 4.69) is 10.0 Å². The van der Waals surface area contributed by atoms with Crippen molar-refractivity contribution in [1.82, 2.24) is 14.9 Å². The summed E-state index contributed by atoms with van der Waals surface area (Å²) >= 11 is 1.38. The summed E-state index contributed by atoms with van der Waals surface area (Å²) in [6, 6.07) is 3.92. The number of sulfonamides is 1. The van der Waals surface area contributed by atoms with E-state index in [1.807, 2.05) is 6.92 Å². The highest BCUT2D eigenvalue weighted by molar-refractivity contribution is 8.03. The zero-order chi connectivity index (χ0) is 26.4. The number of carboxylic acids is 1. The Hall–Kier alpha value is -2.90. The van der Waals surface area contributed by atoms with Crippen LogP contribution in [0.3, 0.4) is 0 Å². The van der Waals surface area contributed by atoms with Crippen LogP contribution >= 0.6 is 11.8 Å². The third-order valence-corrected chi connectivity index (χ3v) is 9.45. The fraction of sp³-hybridized carbons (Fsp3) is 0.478. The SMILES string of the molecule is COc1ccc(S(=O)(=O)N/C=C2\CC(SC3=C(C(=O)O)N4C(=O)[C@H]([C@@H](C)O)[C@H]4[C@H]3C)CN2)cc1OC. The number of fused-ring (bicyclic) bond motifs is 1. The third kappa shape index (κ3) is 4.50. The Bertz CT molecular complexity index is 1240. The number of rotatable bonds is 9. The summed E-state index contributed by atoms with van der Waals surface area (Å²) in [5, 5.41) is 22.9. The number of ether oxygens (including phenoxy) is 2. The van der Waals surface area contributed by atoms with Gasteiger partial charge in [0.2, 0.25) is 5.91 Å². The van der Waals surface area contributed by atoms with Crippen molar-refractivity contribution in [1.29, 1.82) is 0 Å². The van der Waals surface area contributed by atoms with Gasteiger partial charge >= 0.3 is 5.97 Å². The number of amides is 1. The molecule has 1 amide bonds. The molecule has 3 aliphatic rings. The Morgan fingerprint density at radius 1 is 1.31 bits per heavy atom. The molecule has 36 heavy (non-hydrogen) atoms. The predicted octanol–water partition coefficient (Wildman–Crippen LogP) is 1.07. The number of allylic oxidation sites excluding steroid dienone is 1. The number of aliphatic hydroxyl groups is 1. The van der Waals surface area contributed by atoms with E-state index < -0.39 is 28.0 Å². The lowest BCUT2D eigenvalue weighted by Gasteiger charge is -2.46. The second-order valence-electron chi connectivity index (χ2n) is 8.90. The summed E-state index contributed by atoms with van der Waals surface area (Å²) in [6.45, 7) is 3.91. The molecule has 0 bridgehead atoms. The highest BCUT2D eigenvalue weighted by Gasteiger charge is 2.60. The van der Waals surface area contributed by atoms with Crippen LogP contribution in [-0.2, 0) is 19.6 Å². The van der Waals surface area contributed by atoms with E-state index in [1.165, 1.54) is 55.3 Å². The van der Waals surface area contributed by atoms with Gasteiger partial charge in [0.05, 0.1) is 37.2 Å². The maximum absolute atomic E-state index is 12.8. The molecule has 196 valence electrons. The number of hydrogen-bond acceptors (Lipinski definition) is 9. The summed E-state index contributed by atoms with van der Waals surface area (Å²) in [5.74, 6) is -1.68. The average Bonchev–Trinajstić information content (AvgIpc) is 3.38. The standard InChI is InChI=1S/C23H29N3O8S2/c1-11-19-18(12(2)27)22(28)26(19)20(23(29)30)21(11)35-14-7-13(24-10-14)9-25-36(31,32)15-5-6-16(33-3)17(8-15)34-4/h5-6,8-9,11-12,14,18-19,24-25,27H,7,10H2,1-4H3,(H,29,30)/b13-9+/t11-,12-,14?,18-,19-/m1/s1. The van der Waals surface area contributed by atoms with Crippen LogP contribution in [0.2, 0.25) is 0 Å². The average molecular weight is 540 g/mol. The number of methoxy groups -OCH3 is 2. The van der Waals surface area contributed by atoms with Crippen LogP contribution in [0.25, 0.3) is 0 Å². The summed E-state index contributed by atoms with van der Waals surface area (Å²) in [4.78, 5) is 26.4. The Labute approximate surface area is 213 Å². The number of benzene rings is 1. The molecular weight excluding hydrogens is 510 g/mol. The molecule has 0 aliphatic carbocycles. The fourth-order valence-electron chi connectivity index (χ4n) is 4.89.